The van der Waals surface area contributed by atoms with Gasteiger partial charge < -0.3 is 5.32 Å². The molecule has 3 nitrogen and oxygen atoms in total. The second-order valence-corrected chi connectivity index (χ2v) is 9.12. The van der Waals surface area contributed by atoms with E-state index in [2.05, 4.69) is 11.4 Å². The molecule has 0 aliphatic carbocycles. The van der Waals surface area contributed by atoms with E-state index in [9.17, 15) is 4.79 Å². The van der Waals surface area contributed by atoms with E-state index in [4.69, 9.17) is 4.98 Å². The molecule has 0 amide bonds. The van der Waals surface area contributed by atoms with Gasteiger partial charge in [0, 0.05) is 5.69 Å². The maximum absolute atomic E-state index is 12.0. The maximum Gasteiger partial charge on any atom is 0.170 e. The van der Waals surface area contributed by atoms with Gasteiger partial charge in [0.2, 0.25) is 0 Å². The van der Waals surface area contributed by atoms with Crippen LogP contribution in [0, 0.1) is 6.92 Å². The van der Waals surface area contributed by atoms with Gasteiger partial charge in [-0.05, 0) is 43.7 Å². The molecule has 4 rings (SSSR count). The summed E-state index contributed by atoms with van der Waals surface area (Å²) in [5.41, 5.74) is 3.04. The lowest BCUT2D eigenvalue weighted by Crippen LogP contribution is -1.90. The lowest BCUT2D eigenvalue weighted by molar-refractivity contribution is 0.102. The number of anilines is 2. The number of ketones is 1. The number of para-hydroxylation sites is 2. The van der Waals surface area contributed by atoms with E-state index in [0.717, 1.165) is 35.9 Å². The van der Waals surface area contributed by atoms with Gasteiger partial charge in [-0.25, -0.2) is 4.98 Å². The highest BCUT2D eigenvalue weighted by Gasteiger charge is 2.20. The molecule has 0 spiro atoms. The number of hydrogen-bond acceptors (Lipinski definition) is 6. The molecule has 1 N–H and O–H groups in total. The van der Waals surface area contributed by atoms with Crippen molar-refractivity contribution in [3.8, 4) is 0 Å². The summed E-state index contributed by atoms with van der Waals surface area (Å²) in [7, 11) is 0. The molecule has 2 aromatic carbocycles. The van der Waals surface area contributed by atoms with Crippen molar-refractivity contribution < 1.29 is 4.79 Å². The number of carbonyl (C=O) groups excluding carboxylic acids is 1. The van der Waals surface area contributed by atoms with Gasteiger partial charge in [-0.15, -0.1) is 22.7 Å². The van der Waals surface area contributed by atoms with Crippen LogP contribution in [0.15, 0.2) is 63.8 Å². The second-order valence-electron chi connectivity index (χ2n) is 5.81. The number of benzene rings is 2. The Morgan fingerprint density at radius 1 is 1.04 bits per heavy atom. The topological polar surface area (TPSA) is 42.0 Å². The van der Waals surface area contributed by atoms with Crippen LogP contribution in [0.4, 0.5) is 10.7 Å². The maximum atomic E-state index is 12.0. The average Bonchev–Trinajstić information content (AvgIpc) is 3.18. The average molecular weight is 397 g/mol. The lowest BCUT2D eigenvalue weighted by Gasteiger charge is -2.06. The zero-order chi connectivity index (χ0) is 18.1. The minimum atomic E-state index is 0.0970. The largest absolute Gasteiger partial charge is 0.346 e. The van der Waals surface area contributed by atoms with Crippen LogP contribution in [0.2, 0.25) is 0 Å². The van der Waals surface area contributed by atoms with Crippen LogP contribution in [-0.4, -0.2) is 10.8 Å². The molecule has 0 aliphatic rings. The van der Waals surface area contributed by atoms with E-state index in [0.29, 0.717) is 0 Å². The van der Waals surface area contributed by atoms with E-state index in [1.807, 2.05) is 55.5 Å². The molecule has 0 atom stereocenters. The third-order valence-electron chi connectivity index (χ3n) is 3.91. The highest BCUT2D eigenvalue weighted by Crippen LogP contribution is 2.46. The number of aromatic nitrogens is 1. The van der Waals surface area contributed by atoms with Crippen LogP contribution in [-0.2, 0) is 0 Å². The first-order valence-corrected chi connectivity index (χ1v) is 10.6. The Bertz CT molecular complexity index is 1050. The Morgan fingerprint density at radius 3 is 2.50 bits per heavy atom. The Morgan fingerprint density at radius 2 is 1.77 bits per heavy atom. The van der Waals surface area contributed by atoms with Gasteiger partial charge >= 0.3 is 0 Å². The van der Waals surface area contributed by atoms with Crippen LogP contribution >= 0.6 is 34.4 Å². The predicted molar refractivity (Wildman–Crippen MR) is 113 cm³/mol. The summed E-state index contributed by atoms with van der Waals surface area (Å²) in [5, 5.41) is 4.45. The molecule has 0 bridgehead atoms. The quantitative estimate of drug-likeness (QED) is 0.378. The number of thiophene rings is 1. The standard InChI is InChI=1S/C20H16N2OS3/c1-12-17(13(2)23)25-19(21-14-8-4-3-5-9-14)18(12)26-20-22-15-10-6-7-11-16(15)24-20/h3-11,21H,1-2H3. The molecule has 4 aromatic rings. The van der Waals surface area contributed by atoms with E-state index in [1.165, 1.54) is 16.0 Å². The number of carbonyl (C=O) groups is 1. The summed E-state index contributed by atoms with van der Waals surface area (Å²) in [6.45, 7) is 3.64. The van der Waals surface area contributed by atoms with Gasteiger partial charge in [0.15, 0.2) is 10.1 Å². The number of nitrogens with zero attached hydrogens (tertiary/aromatic N) is 1. The second kappa shape index (κ2) is 7.23. The molecule has 130 valence electrons. The molecule has 2 heterocycles. The van der Waals surface area contributed by atoms with Gasteiger partial charge in [-0.1, -0.05) is 42.1 Å². The summed E-state index contributed by atoms with van der Waals surface area (Å²) in [4.78, 5) is 18.6. The van der Waals surface area contributed by atoms with Crippen LogP contribution in [0.25, 0.3) is 10.2 Å². The van der Waals surface area contributed by atoms with Crippen molar-refractivity contribution in [2.45, 2.75) is 23.1 Å². The molecule has 0 aliphatic heterocycles. The van der Waals surface area contributed by atoms with Gasteiger partial charge in [-0.3, -0.25) is 4.79 Å². The fourth-order valence-electron chi connectivity index (χ4n) is 2.67. The third kappa shape index (κ3) is 3.40. The summed E-state index contributed by atoms with van der Waals surface area (Å²) >= 11 is 4.81. The number of rotatable bonds is 5. The molecule has 0 fully saturated rings. The van der Waals surface area contributed by atoms with Gasteiger partial charge in [0.1, 0.15) is 5.00 Å². The first-order valence-electron chi connectivity index (χ1n) is 8.11. The number of hydrogen-bond donors (Lipinski definition) is 1. The Hall–Kier alpha value is -2.15. The SMILES string of the molecule is CC(=O)c1sc(Nc2ccccc2)c(Sc2nc3ccccc3s2)c1C. The first kappa shape index (κ1) is 17.3. The first-order chi connectivity index (χ1) is 12.6. The van der Waals surface area contributed by atoms with Crippen LogP contribution < -0.4 is 5.32 Å². The molecule has 26 heavy (non-hydrogen) atoms. The van der Waals surface area contributed by atoms with Gasteiger partial charge in [0.25, 0.3) is 0 Å². The molecular weight excluding hydrogens is 380 g/mol. The molecular formula is C20H16N2OS3. The molecule has 2 aromatic heterocycles. The van der Waals surface area contributed by atoms with Gasteiger partial charge in [-0.2, -0.15) is 0 Å². The van der Waals surface area contributed by atoms with E-state index in [1.54, 1.807) is 30.0 Å². The van der Waals surface area contributed by atoms with E-state index >= 15 is 0 Å². The van der Waals surface area contributed by atoms with Crippen LogP contribution in [0.3, 0.4) is 0 Å². The third-order valence-corrected chi connectivity index (χ3v) is 7.66. The number of thiazole rings is 1. The molecule has 0 radical (unpaired) electrons. The van der Waals surface area contributed by atoms with E-state index in [-0.39, 0.29) is 5.78 Å². The number of fused-ring (bicyclic) bond motifs is 1. The van der Waals surface area contributed by atoms with Crippen molar-refractivity contribution in [2.24, 2.45) is 0 Å². The fraction of sp³-hybridized carbons (Fsp3) is 0.100. The smallest absolute Gasteiger partial charge is 0.170 e. The van der Waals surface area contributed by atoms with Crippen molar-refractivity contribution in [3.05, 3.63) is 65.0 Å². The van der Waals surface area contributed by atoms with Crippen molar-refractivity contribution >= 4 is 61.1 Å². The van der Waals surface area contributed by atoms with Crippen LogP contribution in [0.1, 0.15) is 22.2 Å². The van der Waals surface area contributed by atoms with Crippen molar-refractivity contribution in [2.75, 3.05) is 5.32 Å². The summed E-state index contributed by atoms with van der Waals surface area (Å²) < 4.78 is 2.16. The summed E-state index contributed by atoms with van der Waals surface area (Å²) in [5.74, 6) is 0.0970. The Labute approximate surface area is 164 Å². The lowest BCUT2D eigenvalue weighted by atomic mass is 10.2. The van der Waals surface area contributed by atoms with Crippen molar-refractivity contribution in [3.63, 3.8) is 0 Å². The minimum Gasteiger partial charge on any atom is -0.346 e. The number of nitrogens with one attached hydrogen (secondary N) is 1. The minimum absolute atomic E-state index is 0.0970. The number of Topliss-reactive ketones (excluding diaryl/α,β-unsaturated/α-hetero) is 1. The predicted octanol–water partition coefficient (Wildman–Crippen LogP) is 6.76. The summed E-state index contributed by atoms with van der Waals surface area (Å²) in [6, 6.07) is 18.2. The van der Waals surface area contributed by atoms with Crippen molar-refractivity contribution in [1.82, 2.24) is 4.98 Å². The zero-order valence-corrected chi connectivity index (χ0v) is 16.7. The van der Waals surface area contributed by atoms with Crippen LogP contribution in [0.5, 0.6) is 0 Å². The highest BCUT2D eigenvalue weighted by molar-refractivity contribution is 8.01. The van der Waals surface area contributed by atoms with Crippen molar-refractivity contribution in [1.29, 1.82) is 0 Å². The molecule has 0 saturated heterocycles. The zero-order valence-electron chi connectivity index (χ0n) is 14.3. The summed E-state index contributed by atoms with van der Waals surface area (Å²) in [6.07, 6.45) is 0. The fourth-order valence-corrected chi connectivity index (χ4v) is 6.11. The Balaban J connectivity index is 1.74. The Kier molecular flexibility index (Phi) is 4.80. The van der Waals surface area contributed by atoms with Gasteiger partial charge in [0.05, 0.1) is 20.0 Å². The molecule has 0 unspecified atom stereocenters. The molecule has 0 saturated carbocycles. The highest BCUT2D eigenvalue weighted by atomic mass is 32.2. The monoisotopic (exact) mass is 396 g/mol. The van der Waals surface area contributed by atoms with E-state index < -0.39 is 0 Å². The molecule has 6 heteroatoms. The normalized spacial score (nSPS) is 11.0.